The molecule has 0 saturated heterocycles. The molecule has 0 aliphatic heterocycles. The van der Waals surface area contributed by atoms with Gasteiger partial charge in [0.15, 0.2) is 0 Å². The highest BCUT2D eigenvalue weighted by atomic mass is 32.1. The largest absolute Gasteiger partial charge is 0.311 e. The summed E-state index contributed by atoms with van der Waals surface area (Å²) < 4.78 is 1.77. The minimum Gasteiger partial charge on any atom is -0.311 e. The molecule has 0 fully saturated rings. The normalized spacial score (nSPS) is 10.8. The van der Waals surface area contributed by atoms with Crippen molar-refractivity contribution in [2.75, 3.05) is 6.54 Å². The van der Waals surface area contributed by atoms with Crippen LogP contribution in [0.1, 0.15) is 11.9 Å². The lowest BCUT2D eigenvalue weighted by molar-refractivity contribution is 0.713. The van der Waals surface area contributed by atoms with Gasteiger partial charge in [0.25, 0.3) is 0 Å². The fourth-order valence-corrected chi connectivity index (χ4v) is 2.59. The summed E-state index contributed by atoms with van der Waals surface area (Å²) in [5, 5.41) is 17.7. The van der Waals surface area contributed by atoms with E-state index in [2.05, 4.69) is 39.7 Å². The third kappa shape index (κ3) is 2.76. The molecule has 0 aliphatic rings. The Kier molecular flexibility index (Phi) is 3.85. The van der Waals surface area contributed by atoms with Crippen LogP contribution < -0.4 is 5.32 Å². The van der Waals surface area contributed by atoms with E-state index in [1.54, 1.807) is 16.0 Å². The van der Waals surface area contributed by atoms with Crippen molar-refractivity contribution in [3.8, 4) is 16.3 Å². The molecule has 3 aromatic rings. The summed E-state index contributed by atoms with van der Waals surface area (Å²) in [7, 11) is 0. The van der Waals surface area contributed by atoms with Crippen LogP contribution >= 0.6 is 11.3 Å². The van der Waals surface area contributed by atoms with Gasteiger partial charge in [0.1, 0.15) is 5.01 Å². The van der Waals surface area contributed by atoms with Crippen LogP contribution in [0.5, 0.6) is 0 Å². The first-order valence-corrected chi connectivity index (χ1v) is 7.32. The average Bonchev–Trinajstić information content (AvgIpc) is 3.15. The maximum absolute atomic E-state index is 4.36. The van der Waals surface area contributed by atoms with Gasteiger partial charge in [-0.2, -0.15) is 5.10 Å². The van der Waals surface area contributed by atoms with E-state index in [1.165, 1.54) is 0 Å². The van der Waals surface area contributed by atoms with Crippen molar-refractivity contribution in [1.82, 2.24) is 25.3 Å². The van der Waals surface area contributed by atoms with Crippen molar-refractivity contribution in [2.45, 2.75) is 13.5 Å². The van der Waals surface area contributed by atoms with Crippen molar-refractivity contribution in [3.05, 3.63) is 47.7 Å². The summed E-state index contributed by atoms with van der Waals surface area (Å²) in [6.07, 6.45) is 3.83. The van der Waals surface area contributed by atoms with Crippen LogP contribution in [-0.4, -0.2) is 26.5 Å². The second-order valence-electron chi connectivity index (χ2n) is 4.30. The molecule has 0 bridgehead atoms. The number of rotatable bonds is 5. The molecule has 1 aromatic carbocycles. The van der Waals surface area contributed by atoms with Crippen LogP contribution in [0.15, 0.2) is 42.7 Å². The molecule has 0 amide bonds. The lowest BCUT2D eigenvalue weighted by atomic mass is 10.1. The van der Waals surface area contributed by atoms with Crippen molar-refractivity contribution < 1.29 is 0 Å². The Hall–Kier alpha value is -2.05. The van der Waals surface area contributed by atoms with Crippen molar-refractivity contribution in [1.29, 1.82) is 0 Å². The molecule has 0 unspecified atom stereocenters. The molecule has 20 heavy (non-hydrogen) atoms. The molecule has 0 spiro atoms. The monoisotopic (exact) mass is 285 g/mol. The lowest BCUT2D eigenvalue weighted by Crippen LogP contribution is -2.11. The van der Waals surface area contributed by atoms with Crippen LogP contribution in [0.25, 0.3) is 16.3 Å². The second-order valence-corrected chi connectivity index (χ2v) is 5.34. The topological polar surface area (TPSA) is 55.6 Å². The van der Waals surface area contributed by atoms with Crippen molar-refractivity contribution in [2.24, 2.45) is 0 Å². The van der Waals surface area contributed by atoms with E-state index >= 15 is 0 Å². The lowest BCUT2D eigenvalue weighted by Gasteiger charge is -1.95. The Bertz CT molecular complexity index is 674. The van der Waals surface area contributed by atoms with E-state index in [0.29, 0.717) is 0 Å². The molecular formula is C14H15N5S. The smallest absolute Gasteiger partial charge is 0.232 e. The molecule has 5 nitrogen and oxygen atoms in total. The van der Waals surface area contributed by atoms with E-state index in [9.17, 15) is 0 Å². The fourth-order valence-electron chi connectivity index (χ4n) is 1.85. The van der Waals surface area contributed by atoms with E-state index in [4.69, 9.17) is 0 Å². The van der Waals surface area contributed by atoms with E-state index in [-0.39, 0.29) is 0 Å². The van der Waals surface area contributed by atoms with E-state index in [0.717, 1.165) is 34.4 Å². The van der Waals surface area contributed by atoms with Gasteiger partial charge in [-0.15, -0.1) is 10.2 Å². The summed E-state index contributed by atoms with van der Waals surface area (Å²) in [6, 6.07) is 10.2. The SMILES string of the molecule is CCNCc1nnc(-n2cc(-c3ccccc3)cn2)s1. The van der Waals surface area contributed by atoms with Crippen LogP contribution in [0.3, 0.4) is 0 Å². The molecule has 0 aliphatic carbocycles. The second kappa shape index (κ2) is 5.94. The number of nitrogens with one attached hydrogen (secondary N) is 1. The highest BCUT2D eigenvalue weighted by molar-refractivity contribution is 7.13. The van der Waals surface area contributed by atoms with Crippen LogP contribution in [0.4, 0.5) is 0 Å². The first kappa shape index (κ1) is 13.0. The average molecular weight is 285 g/mol. The predicted octanol–water partition coefficient (Wildman–Crippen LogP) is 2.50. The molecule has 3 rings (SSSR count). The van der Waals surface area contributed by atoms with Crippen molar-refractivity contribution >= 4 is 11.3 Å². The van der Waals surface area contributed by atoms with Crippen LogP contribution in [-0.2, 0) is 6.54 Å². The zero-order valence-corrected chi connectivity index (χ0v) is 12.0. The van der Waals surface area contributed by atoms with Gasteiger partial charge >= 0.3 is 0 Å². The van der Waals surface area contributed by atoms with Crippen molar-refractivity contribution in [3.63, 3.8) is 0 Å². The first-order chi connectivity index (χ1) is 9.86. The molecule has 0 atom stereocenters. The zero-order valence-electron chi connectivity index (χ0n) is 11.2. The van der Waals surface area contributed by atoms with Crippen LogP contribution in [0, 0.1) is 0 Å². The molecule has 2 heterocycles. The summed E-state index contributed by atoms with van der Waals surface area (Å²) in [5.74, 6) is 0. The Morgan fingerprint density at radius 1 is 1.15 bits per heavy atom. The molecule has 1 N–H and O–H groups in total. The van der Waals surface area contributed by atoms with Gasteiger partial charge in [0.2, 0.25) is 5.13 Å². The minimum atomic E-state index is 0.751. The highest BCUT2D eigenvalue weighted by Gasteiger charge is 2.08. The number of benzene rings is 1. The zero-order chi connectivity index (χ0) is 13.8. The first-order valence-electron chi connectivity index (χ1n) is 6.50. The summed E-state index contributed by atoms with van der Waals surface area (Å²) in [4.78, 5) is 0. The molecule has 0 radical (unpaired) electrons. The summed E-state index contributed by atoms with van der Waals surface area (Å²) >= 11 is 1.55. The predicted molar refractivity (Wildman–Crippen MR) is 79.8 cm³/mol. The maximum Gasteiger partial charge on any atom is 0.232 e. The Morgan fingerprint density at radius 3 is 2.80 bits per heavy atom. The standard InChI is InChI=1S/C14H15N5S/c1-2-15-9-13-17-18-14(20-13)19-10-12(8-16-19)11-6-4-3-5-7-11/h3-8,10,15H,2,9H2,1H3. The summed E-state index contributed by atoms with van der Waals surface area (Å²) in [5.41, 5.74) is 2.23. The van der Waals surface area contributed by atoms with Gasteiger partial charge in [0.05, 0.1) is 6.20 Å². The maximum atomic E-state index is 4.36. The van der Waals surface area contributed by atoms with Crippen LogP contribution in [0.2, 0.25) is 0 Å². The van der Waals surface area contributed by atoms with E-state index in [1.807, 2.05) is 30.6 Å². The molecule has 6 heteroatoms. The molecule has 102 valence electrons. The minimum absolute atomic E-state index is 0.751. The highest BCUT2D eigenvalue weighted by Crippen LogP contribution is 2.21. The van der Waals surface area contributed by atoms with E-state index < -0.39 is 0 Å². The molecule has 0 saturated carbocycles. The molecular weight excluding hydrogens is 270 g/mol. The van der Waals surface area contributed by atoms with Gasteiger partial charge in [-0.3, -0.25) is 0 Å². The fraction of sp³-hybridized carbons (Fsp3) is 0.214. The van der Waals surface area contributed by atoms with Gasteiger partial charge < -0.3 is 5.32 Å². The third-order valence-electron chi connectivity index (χ3n) is 2.87. The van der Waals surface area contributed by atoms with Gasteiger partial charge in [-0.25, -0.2) is 4.68 Å². The summed E-state index contributed by atoms with van der Waals surface area (Å²) in [6.45, 7) is 3.75. The Labute approximate surface area is 121 Å². The van der Waals surface area contributed by atoms with Gasteiger partial charge in [0, 0.05) is 18.3 Å². The quantitative estimate of drug-likeness (QED) is 0.782. The van der Waals surface area contributed by atoms with Gasteiger partial charge in [-0.1, -0.05) is 48.6 Å². The number of hydrogen-bond donors (Lipinski definition) is 1. The number of nitrogens with zero attached hydrogens (tertiary/aromatic N) is 4. The Morgan fingerprint density at radius 2 is 2.00 bits per heavy atom. The number of aromatic nitrogens is 4. The van der Waals surface area contributed by atoms with Gasteiger partial charge in [-0.05, 0) is 12.1 Å². The number of hydrogen-bond acceptors (Lipinski definition) is 5. The molecule has 2 aromatic heterocycles. The Balaban J connectivity index is 1.81. The third-order valence-corrected chi connectivity index (χ3v) is 3.78.